The van der Waals surface area contributed by atoms with Gasteiger partial charge in [-0.15, -0.1) is 35.3 Å². The van der Waals surface area contributed by atoms with Crippen molar-refractivity contribution in [2.45, 2.75) is 45.4 Å². The van der Waals surface area contributed by atoms with Crippen LogP contribution in [0.15, 0.2) is 40.7 Å². The van der Waals surface area contributed by atoms with Crippen molar-refractivity contribution in [3.63, 3.8) is 0 Å². The van der Waals surface area contributed by atoms with E-state index in [1.165, 1.54) is 35.3 Å². The number of benzene rings is 1. The smallest absolute Gasteiger partial charge is 0.191 e. The molecule has 0 amide bonds. The van der Waals surface area contributed by atoms with E-state index in [0.29, 0.717) is 12.6 Å². The quantitative estimate of drug-likeness (QED) is 0.371. The van der Waals surface area contributed by atoms with Crippen LogP contribution in [0, 0.1) is 6.92 Å². The Morgan fingerprint density at radius 1 is 1.20 bits per heavy atom. The fraction of sp³-hybridized carbons (Fsp3) is 0.421. The monoisotopic (exact) mass is 471 g/mol. The number of nitrogens with zero attached hydrogens (tertiary/aromatic N) is 1. The number of hydrogen-bond donors (Lipinski definition) is 2. The molecule has 0 bridgehead atoms. The molecule has 4 nitrogen and oxygen atoms in total. The van der Waals surface area contributed by atoms with Crippen molar-refractivity contribution in [3.05, 3.63) is 51.7 Å². The first kappa shape index (κ1) is 20.0. The molecule has 136 valence electrons. The van der Waals surface area contributed by atoms with Gasteiger partial charge in [0.15, 0.2) is 5.96 Å². The Bertz CT molecular complexity index is 697. The summed E-state index contributed by atoms with van der Waals surface area (Å²) in [5, 5.41) is 8.88. The predicted octanol–water partition coefficient (Wildman–Crippen LogP) is 4.47. The van der Waals surface area contributed by atoms with Crippen LogP contribution in [0.2, 0.25) is 0 Å². The number of hydrogen-bond acceptors (Lipinski definition) is 3. The summed E-state index contributed by atoms with van der Waals surface area (Å²) < 4.78 is 6.08. The van der Waals surface area contributed by atoms with Gasteiger partial charge in [-0.2, -0.15) is 0 Å². The average Bonchev–Trinajstić information content (AvgIpc) is 2.97. The van der Waals surface area contributed by atoms with E-state index >= 15 is 0 Å². The van der Waals surface area contributed by atoms with Crippen LogP contribution in [0.25, 0.3) is 0 Å². The summed E-state index contributed by atoms with van der Waals surface area (Å²) in [5.74, 6) is 1.79. The van der Waals surface area contributed by atoms with Crippen molar-refractivity contribution in [1.82, 2.24) is 10.6 Å². The highest BCUT2D eigenvalue weighted by Gasteiger charge is 2.20. The number of thiophene rings is 1. The number of aliphatic imine (C=N–C) groups is 1. The van der Waals surface area contributed by atoms with Gasteiger partial charge in [-0.05, 0) is 49.3 Å². The first-order chi connectivity index (χ1) is 11.8. The molecule has 0 spiro atoms. The molecule has 1 heterocycles. The van der Waals surface area contributed by atoms with Crippen LogP contribution < -0.4 is 15.4 Å². The second kappa shape index (κ2) is 10.0. The van der Waals surface area contributed by atoms with Gasteiger partial charge >= 0.3 is 0 Å². The predicted molar refractivity (Wildman–Crippen MR) is 116 cm³/mol. The minimum atomic E-state index is 0. The van der Waals surface area contributed by atoms with Gasteiger partial charge in [-0.3, -0.25) is 4.99 Å². The summed E-state index contributed by atoms with van der Waals surface area (Å²) >= 11 is 1.77. The lowest BCUT2D eigenvalue weighted by Gasteiger charge is -2.27. The summed E-state index contributed by atoms with van der Waals surface area (Å²) in [6.07, 6.45) is 4.02. The first-order valence-electron chi connectivity index (χ1n) is 8.48. The molecular formula is C19H26IN3OS. The zero-order valence-electron chi connectivity index (χ0n) is 14.7. The highest BCUT2D eigenvalue weighted by molar-refractivity contribution is 14.0. The Morgan fingerprint density at radius 2 is 1.96 bits per heavy atom. The molecule has 0 unspecified atom stereocenters. The molecule has 0 radical (unpaired) electrons. The van der Waals surface area contributed by atoms with E-state index < -0.39 is 0 Å². The summed E-state index contributed by atoms with van der Waals surface area (Å²) in [6, 6.07) is 10.4. The fourth-order valence-corrected chi connectivity index (χ4v) is 3.43. The van der Waals surface area contributed by atoms with Gasteiger partial charge < -0.3 is 15.4 Å². The third-order valence-electron chi connectivity index (χ3n) is 4.37. The first-order valence-corrected chi connectivity index (χ1v) is 9.36. The van der Waals surface area contributed by atoms with E-state index in [1.54, 1.807) is 18.4 Å². The SMILES string of the molecule is CN=C(NCc1ccccc1OC1CCC1)NCc1sccc1C.I. The molecule has 6 heteroatoms. The maximum Gasteiger partial charge on any atom is 0.191 e. The number of para-hydroxylation sites is 1. The molecule has 1 fully saturated rings. The molecule has 0 atom stereocenters. The van der Waals surface area contributed by atoms with Crippen molar-refractivity contribution < 1.29 is 4.74 Å². The Labute approximate surface area is 171 Å². The topological polar surface area (TPSA) is 45.7 Å². The number of aryl methyl sites for hydroxylation is 1. The van der Waals surface area contributed by atoms with E-state index in [0.717, 1.165) is 18.3 Å². The summed E-state index contributed by atoms with van der Waals surface area (Å²) in [4.78, 5) is 5.65. The second-order valence-electron chi connectivity index (χ2n) is 6.08. The molecule has 2 N–H and O–H groups in total. The Hall–Kier alpha value is -1.28. The van der Waals surface area contributed by atoms with Crippen LogP contribution in [0.3, 0.4) is 0 Å². The maximum atomic E-state index is 6.08. The van der Waals surface area contributed by atoms with Gasteiger partial charge in [0.25, 0.3) is 0 Å². The van der Waals surface area contributed by atoms with Crippen molar-refractivity contribution in [3.8, 4) is 5.75 Å². The standard InChI is InChI=1S/C19H25N3OS.HI/c1-14-10-11-24-18(14)13-22-19(20-2)21-12-15-6-3-4-9-17(15)23-16-7-5-8-16;/h3-4,6,9-11,16H,5,7-8,12-13H2,1-2H3,(H2,20,21,22);1H. The van der Waals surface area contributed by atoms with Crippen LogP contribution in [-0.2, 0) is 13.1 Å². The van der Waals surface area contributed by atoms with Gasteiger partial charge in [-0.1, -0.05) is 18.2 Å². The Kier molecular flexibility index (Phi) is 8.02. The lowest BCUT2D eigenvalue weighted by Crippen LogP contribution is -2.36. The normalized spacial score (nSPS) is 14.4. The van der Waals surface area contributed by atoms with E-state index in [4.69, 9.17) is 4.74 Å². The molecular weight excluding hydrogens is 445 g/mol. The van der Waals surface area contributed by atoms with Crippen LogP contribution in [-0.4, -0.2) is 19.1 Å². The minimum absolute atomic E-state index is 0. The summed E-state index contributed by atoms with van der Waals surface area (Å²) in [5.41, 5.74) is 2.49. The highest BCUT2D eigenvalue weighted by atomic mass is 127. The van der Waals surface area contributed by atoms with Gasteiger partial charge in [0.2, 0.25) is 0 Å². The van der Waals surface area contributed by atoms with E-state index in [2.05, 4.69) is 52.2 Å². The Morgan fingerprint density at radius 3 is 2.60 bits per heavy atom. The van der Waals surface area contributed by atoms with Gasteiger partial charge in [0.05, 0.1) is 12.6 Å². The lowest BCUT2D eigenvalue weighted by molar-refractivity contribution is 0.119. The maximum absolute atomic E-state index is 6.08. The van der Waals surface area contributed by atoms with Crippen LogP contribution >= 0.6 is 35.3 Å². The van der Waals surface area contributed by atoms with Crippen LogP contribution in [0.5, 0.6) is 5.75 Å². The van der Waals surface area contributed by atoms with E-state index in [9.17, 15) is 0 Å². The summed E-state index contributed by atoms with van der Waals surface area (Å²) in [7, 11) is 1.80. The zero-order chi connectivity index (χ0) is 16.8. The van der Waals surface area contributed by atoms with Crippen LogP contribution in [0.4, 0.5) is 0 Å². The molecule has 1 aromatic heterocycles. The highest BCUT2D eigenvalue weighted by Crippen LogP contribution is 2.27. The van der Waals surface area contributed by atoms with Crippen molar-refractivity contribution in [1.29, 1.82) is 0 Å². The third-order valence-corrected chi connectivity index (χ3v) is 5.40. The fourth-order valence-electron chi connectivity index (χ4n) is 2.58. The minimum Gasteiger partial charge on any atom is -0.490 e. The van der Waals surface area contributed by atoms with Gasteiger partial charge in [0.1, 0.15) is 5.75 Å². The van der Waals surface area contributed by atoms with Crippen molar-refractivity contribution >= 4 is 41.3 Å². The number of ether oxygens (including phenoxy) is 1. The molecule has 2 aromatic rings. The van der Waals surface area contributed by atoms with E-state index in [-0.39, 0.29) is 24.0 Å². The number of rotatable bonds is 6. The van der Waals surface area contributed by atoms with Crippen LogP contribution in [0.1, 0.15) is 35.3 Å². The molecule has 1 aromatic carbocycles. The number of nitrogens with one attached hydrogen (secondary N) is 2. The largest absolute Gasteiger partial charge is 0.490 e. The molecule has 1 aliphatic carbocycles. The lowest BCUT2D eigenvalue weighted by atomic mass is 9.96. The summed E-state index contributed by atoms with van der Waals surface area (Å²) in [6.45, 7) is 3.63. The second-order valence-corrected chi connectivity index (χ2v) is 7.09. The Balaban J connectivity index is 0.00000225. The molecule has 1 saturated carbocycles. The van der Waals surface area contributed by atoms with Crippen molar-refractivity contribution in [2.24, 2.45) is 4.99 Å². The molecule has 0 saturated heterocycles. The van der Waals surface area contributed by atoms with Gasteiger partial charge in [0, 0.05) is 24.0 Å². The van der Waals surface area contributed by atoms with E-state index in [1.807, 2.05) is 6.07 Å². The number of guanidine groups is 1. The third kappa shape index (κ3) is 5.60. The zero-order valence-corrected chi connectivity index (χ0v) is 17.9. The van der Waals surface area contributed by atoms with Crippen molar-refractivity contribution in [2.75, 3.05) is 7.05 Å². The molecule has 1 aliphatic rings. The van der Waals surface area contributed by atoms with Gasteiger partial charge in [-0.25, -0.2) is 0 Å². The average molecular weight is 471 g/mol. The number of halogens is 1. The molecule has 3 rings (SSSR count). The molecule has 0 aliphatic heterocycles. The molecule has 25 heavy (non-hydrogen) atoms.